The number of aryl methyl sites for hydroxylation is 1. The molecule has 2 aromatic carbocycles. The SMILES string of the molecule is COc1cccc(C2CC(c3ccc(Cl)cc3)=NN2c2nc(C)cs2)c1OC. The van der Waals surface area contributed by atoms with Gasteiger partial charge in [-0.2, -0.15) is 5.10 Å². The van der Waals surface area contributed by atoms with Crippen molar-refractivity contribution in [3.05, 3.63) is 69.7 Å². The molecule has 3 aromatic rings. The molecule has 28 heavy (non-hydrogen) atoms. The number of rotatable bonds is 5. The predicted molar refractivity (Wildman–Crippen MR) is 114 cm³/mol. The van der Waals surface area contributed by atoms with E-state index in [0.717, 1.165) is 39.8 Å². The third kappa shape index (κ3) is 3.45. The van der Waals surface area contributed by atoms with Crippen molar-refractivity contribution in [3.63, 3.8) is 0 Å². The Balaban J connectivity index is 1.79. The zero-order chi connectivity index (χ0) is 19.7. The monoisotopic (exact) mass is 413 g/mol. The highest BCUT2D eigenvalue weighted by atomic mass is 35.5. The lowest BCUT2D eigenvalue weighted by Crippen LogP contribution is -2.19. The number of hydrogen-bond acceptors (Lipinski definition) is 6. The Kier molecular flexibility index (Phi) is 5.24. The molecule has 0 bridgehead atoms. The van der Waals surface area contributed by atoms with Gasteiger partial charge in [0.15, 0.2) is 11.5 Å². The van der Waals surface area contributed by atoms with Crippen molar-refractivity contribution in [2.45, 2.75) is 19.4 Å². The smallest absolute Gasteiger partial charge is 0.206 e. The van der Waals surface area contributed by atoms with Gasteiger partial charge in [0.05, 0.1) is 31.7 Å². The molecule has 0 N–H and O–H groups in total. The second kappa shape index (κ2) is 7.81. The van der Waals surface area contributed by atoms with Gasteiger partial charge in [-0.1, -0.05) is 35.9 Å². The number of para-hydroxylation sites is 1. The topological polar surface area (TPSA) is 47.0 Å². The van der Waals surface area contributed by atoms with Gasteiger partial charge in [0.1, 0.15) is 0 Å². The van der Waals surface area contributed by atoms with E-state index in [4.69, 9.17) is 26.2 Å². The normalized spacial score (nSPS) is 16.2. The Hall–Kier alpha value is -2.57. The summed E-state index contributed by atoms with van der Waals surface area (Å²) in [5.41, 5.74) is 4.03. The molecule has 1 atom stereocenters. The zero-order valence-corrected chi connectivity index (χ0v) is 17.4. The minimum absolute atomic E-state index is 0.0405. The van der Waals surface area contributed by atoms with Crippen molar-refractivity contribution in [2.75, 3.05) is 19.2 Å². The summed E-state index contributed by atoms with van der Waals surface area (Å²) in [6.45, 7) is 1.99. The number of thiazole rings is 1. The second-order valence-corrected chi connectivity index (χ2v) is 7.75. The predicted octanol–water partition coefficient (Wildman–Crippen LogP) is 5.48. The number of hydrogen-bond donors (Lipinski definition) is 0. The summed E-state index contributed by atoms with van der Waals surface area (Å²) in [5, 5.41) is 10.5. The molecule has 1 aliphatic rings. The average molecular weight is 414 g/mol. The van der Waals surface area contributed by atoms with Crippen molar-refractivity contribution in [1.29, 1.82) is 0 Å². The fraction of sp³-hybridized carbons (Fsp3) is 0.238. The number of nitrogens with zero attached hydrogens (tertiary/aromatic N) is 3. The van der Waals surface area contributed by atoms with Gasteiger partial charge in [0, 0.05) is 22.4 Å². The molecular weight excluding hydrogens is 394 g/mol. The number of halogens is 1. The number of anilines is 1. The summed E-state index contributed by atoms with van der Waals surface area (Å²) in [7, 11) is 3.31. The molecule has 0 saturated carbocycles. The Morgan fingerprint density at radius 2 is 1.89 bits per heavy atom. The molecule has 0 fully saturated rings. The van der Waals surface area contributed by atoms with Crippen molar-refractivity contribution < 1.29 is 9.47 Å². The van der Waals surface area contributed by atoms with Crippen molar-refractivity contribution in [3.8, 4) is 11.5 Å². The molecule has 144 valence electrons. The number of benzene rings is 2. The second-order valence-electron chi connectivity index (χ2n) is 6.47. The van der Waals surface area contributed by atoms with Crippen LogP contribution >= 0.6 is 22.9 Å². The fourth-order valence-electron chi connectivity index (χ4n) is 3.37. The summed E-state index contributed by atoms with van der Waals surface area (Å²) in [6, 6.07) is 13.7. The Morgan fingerprint density at radius 1 is 1.11 bits per heavy atom. The first-order valence-corrected chi connectivity index (χ1v) is 10.1. The van der Waals surface area contributed by atoms with Crippen LogP contribution in [0.2, 0.25) is 5.02 Å². The van der Waals surface area contributed by atoms with Crippen LogP contribution in [0, 0.1) is 6.92 Å². The first-order valence-electron chi connectivity index (χ1n) is 8.86. The van der Waals surface area contributed by atoms with Crippen LogP contribution < -0.4 is 14.5 Å². The highest BCUT2D eigenvalue weighted by Gasteiger charge is 2.34. The van der Waals surface area contributed by atoms with E-state index >= 15 is 0 Å². The van der Waals surface area contributed by atoms with Gasteiger partial charge in [-0.3, -0.25) is 0 Å². The molecule has 0 amide bonds. The van der Waals surface area contributed by atoms with Gasteiger partial charge < -0.3 is 9.47 Å². The molecule has 5 nitrogen and oxygen atoms in total. The van der Waals surface area contributed by atoms with Gasteiger partial charge >= 0.3 is 0 Å². The van der Waals surface area contributed by atoms with Crippen molar-refractivity contribution in [1.82, 2.24) is 4.98 Å². The molecule has 1 aliphatic heterocycles. The van der Waals surface area contributed by atoms with E-state index in [-0.39, 0.29) is 6.04 Å². The van der Waals surface area contributed by atoms with Gasteiger partial charge in [0.25, 0.3) is 0 Å². The van der Waals surface area contributed by atoms with Gasteiger partial charge in [-0.25, -0.2) is 9.99 Å². The quantitative estimate of drug-likeness (QED) is 0.555. The lowest BCUT2D eigenvalue weighted by molar-refractivity contribution is 0.349. The number of methoxy groups -OCH3 is 2. The fourth-order valence-corrected chi connectivity index (χ4v) is 4.29. The highest BCUT2D eigenvalue weighted by Crippen LogP contribution is 2.44. The van der Waals surface area contributed by atoms with E-state index in [0.29, 0.717) is 10.8 Å². The number of aromatic nitrogens is 1. The lowest BCUT2D eigenvalue weighted by atomic mass is 9.97. The molecule has 1 unspecified atom stereocenters. The Labute approximate surface area is 173 Å². The summed E-state index contributed by atoms with van der Waals surface area (Å²) >= 11 is 7.64. The van der Waals surface area contributed by atoms with Crippen LogP contribution in [-0.2, 0) is 0 Å². The van der Waals surface area contributed by atoms with E-state index < -0.39 is 0 Å². The van der Waals surface area contributed by atoms with Crippen LogP contribution in [0.25, 0.3) is 0 Å². The maximum atomic E-state index is 6.05. The summed E-state index contributed by atoms with van der Waals surface area (Å²) in [5.74, 6) is 1.43. The zero-order valence-electron chi connectivity index (χ0n) is 15.8. The van der Waals surface area contributed by atoms with E-state index in [9.17, 15) is 0 Å². The van der Waals surface area contributed by atoms with Gasteiger partial charge in [0.2, 0.25) is 5.13 Å². The van der Waals surface area contributed by atoms with Crippen LogP contribution in [-0.4, -0.2) is 24.9 Å². The maximum absolute atomic E-state index is 6.05. The van der Waals surface area contributed by atoms with Crippen LogP contribution in [0.3, 0.4) is 0 Å². The summed E-state index contributed by atoms with van der Waals surface area (Å²) in [6.07, 6.45) is 0.726. The molecule has 2 heterocycles. The molecule has 1 aromatic heterocycles. The van der Waals surface area contributed by atoms with E-state index in [1.54, 1.807) is 25.6 Å². The largest absolute Gasteiger partial charge is 0.493 e. The Morgan fingerprint density at radius 3 is 2.54 bits per heavy atom. The maximum Gasteiger partial charge on any atom is 0.206 e. The van der Waals surface area contributed by atoms with Gasteiger partial charge in [-0.15, -0.1) is 11.3 Å². The van der Waals surface area contributed by atoms with E-state index in [1.807, 2.05) is 53.7 Å². The van der Waals surface area contributed by atoms with Gasteiger partial charge in [-0.05, 0) is 30.7 Å². The first kappa shape index (κ1) is 18.8. The lowest BCUT2D eigenvalue weighted by Gasteiger charge is -2.23. The van der Waals surface area contributed by atoms with Crippen LogP contribution in [0.1, 0.15) is 29.3 Å². The average Bonchev–Trinajstić information content (AvgIpc) is 3.34. The standard InChI is InChI=1S/C21H20ClN3O2S/c1-13-12-28-21(23-13)25-18(16-5-4-6-19(26-2)20(16)27-3)11-17(24-25)14-7-9-15(22)10-8-14/h4-10,12,18H,11H2,1-3H3. The number of ether oxygens (including phenoxy) is 2. The van der Waals surface area contributed by atoms with Crippen LogP contribution in [0.4, 0.5) is 5.13 Å². The molecule has 0 spiro atoms. The molecule has 0 aliphatic carbocycles. The third-order valence-electron chi connectivity index (χ3n) is 4.68. The van der Waals surface area contributed by atoms with Crippen LogP contribution in [0.15, 0.2) is 52.9 Å². The molecular formula is C21H20ClN3O2S. The van der Waals surface area contributed by atoms with E-state index in [2.05, 4.69) is 11.1 Å². The molecule has 0 radical (unpaired) electrons. The highest BCUT2D eigenvalue weighted by molar-refractivity contribution is 7.13. The first-order chi connectivity index (χ1) is 13.6. The van der Waals surface area contributed by atoms with Crippen molar-refractivity contribution in [2.24, 2.45) is 5.10 Å². The third-order valence-corrected chi connectivity index (χ3v) is 5.88. The Bertz CT molecular complexity index is 1020. The van der Waals surface area contributed by atoms with Crippen molar-refractivity contribution >= 4 is 33.8 Å². The van der Waals surface area contributed by atoms with E-state index in [1.165, 1.54) is 0 Å². The minimum atomic E-state index is -0.0405. The number of hydrazone groups is 1. The minimum Gasteiger partial charge on any atom is -0.493 e. The molecule has 4 rings (SSSR count). The molecule has 7 heteroatoms. The van der Waals surface area contributed by atoms with Crippen LogP contribution in [0.5, 0.6) is 11.5 Å². The summed E-state index contributed by atoms with van der Waals surface area (Å²) in [4.78, 5) is 4.65. The molecule has 0 saturated heterocycles. The summed E-state index contributed by atoms with van der Waals surface area (Å²) < 4.78 is 11.2.